The molecule has 0 saturated heterocycles. The van der Waals surface area contributed by atoms with Crippen molar-refractivity contribution in [3.05, 3.63) is 23.8 Å². The summed E-state index contributed by atoms with van der Waals surface area (Å²) in [6, 6.07) is 0. The molecule has 0 aliphatic heterocycles. The molecule has 4 rings (SSSR count). The molecule has 4 aliphatic rings. The minimum atomic E-state index is -1.12. The maximum atomic E-state index is 15.4. The molecule has 0 aromatic carbocycles. The van der Waals surface area contributed by atoms with Gasteiger partial charge in [0.25, 0.3) is 0 Å². The first kappa shape index (κ1) is 23.4. The Balaban J connectivity index is 1.57. The number of esters is 1. The lowest BCUT2D eigenvalue weighted by Gasteiger charge is -2.57. The molecular weight excluding hydrogens is 407 g/mol. The first-order valence-electron chi connectivity index (χ1n) is 12.1. The lowest BCUT2D eigenvalue weighted by Crippen LogP contribution is -2.53. The Hall–Kier alpha value is -1.78. The number of carbonyl (C=O) groups excluding carboxylic acids is 3. The summed E-state index contributed by atoms with van der Waals surface area (Å²) in [6.07, 6.45) is 7.07. The Bertz CT molecular complexity index is 896. The van der Waals surface area contributed by atoms with Crippen molar-refractivity contribution in [2.24, 2.45) is 45.8 Å². The summed E-state index contributed by atoms with van der Waals surface area (Å²) < 4.78 is 20.8. The number of hydrogen-bond donors (Lipinski definition) is 0. The van der Waals surface area contributed by atoms with Gasteiger partial charge in [-0.3, -0.25) is 14.4 Å². The van der Waals surface area contributed by atoms with Gasteiger partial charge in [-0.2, -0.15) is 0 Å². The number of halogens is 1. The fourth-order valence-corrected chi connectivity index (χ4v) is 7.69. The van der Waals surface area contributed by atoms with Crippen LogP contribution in [0, 0.1) is 45.8 Å². The van der Waals surface area contributed by atoms with E-state index < -0.39 is 17.0 Å². The number of fused-ring (bicyclic) bond motifs is 5. The third-order valence-electron chi connectivity index (χ3n) is 9.19. The zero-order chi connectivity index (χ0) is 23.6. The van der Waals surface area contributed by atoms with Crippen LogP contribution in [-0.4, -0.2) is 30.3 Å². The molecule has 8 atom stereocenters. The third-order valence-corrected chi connectivity index (χ3v) is 9.19. The maximum Gasteiger partial charge on any atom is 0.311 e. The minimum Gasteiger partial charge on any atom is -0.457 e. The fraction of sp³-hybridized carbons (Fsp3) is 0.741. The number of rotatable bonds is 3. The molecule has 3 saturated carbocycles. The zero-order valence-electron chi connectivity index (χ0n) is 20.2. The fourth-order valence-electron chi connectivity index (χ4n) is 7.69. The van der Waals surface area contributed by atoms with E-state index in [2.05, 4.69) is 20.8 Å². The van der Waals surface area contributed by atoms with Gasteiger partial charge >= 0.3 is 5.97 Å². The lowest BCUT2D eigenvalue weighted by molar-refractivity contribution is -0.158. The summed E-state index contributed by atoms with van der Waals surface area (Å²) in [5.41, 5.74) is -0.634. The van der Waals surface area contributed by atoms with Crippen molar-refractivity contribution in [3.63, 3.8) is 0 Å². The highest BCUT2D eigenvalue weighted by Crippen LogP contribution is 2.67. The van der Waals surface area contributed by atoms with Crippen molar-refractivity contribution in [1.82, 2.24) is 0 Å². The summed E-state index contributed by atoms with van der Waals surface area (Å²) in [7, 11) is 0. The van der Waals surface area contributed by atoms with Crippen LogP contribution in [0.15, 0.2) is 23.8 Å². The number of allylic oxidation sites excluding steroid dienone is 4. The normalized spacial score (nSPS) is 43.1. The monoisotopic (exact) mass is 444 g/mol. The van der Waals surface area contributed by atoms with Gasteiger partial charge in [0, 0.05) is 11.3 Å². The van der Waals surface area contributed by atoms with Gasteiger partial charge in [0.1, 0.15) is 12.8 Å². The summed E-state index contributed by atoms with van der Waals surface area (Å²) in [5, 5.41) is 0. The second kappa shape index (κ2) is 7.63. The molecule has 3 fully saturated rings. The number of alkyl halides is 1. The number of hydrogen-bond acceptors (Lipinski definition) is 4. The van der Waals surface area contributed by atoms with Gasteiger partial charge in [-0.1, -0.05) is 26.8 Å². The van der Waals surface area contributed by atoms with Gasteiger partial charge in [0.15, 0.2) is 11.6 Å². The predicted molar refractivity (Wildman–Crippen MR) is 120 cm³/mol. The summed E-state index contributed by atoms with van der Waals surface area (Å²) in [4.78, 5) is 37.4. The van der Waals surface area contributed by atoms with Crippen LogP contribution in [0.4, 0.5) is 4.39 Å². The Labute approximate surface area is 191 Å². The molecule has 0 aromatic rings. The van der Waals surface area contributed by atoms with E-state index in [1.807, 2.05) is 6.08 Å². The van der Waals surface area contributed by atoms with E-state index in [1.165, 1.54) is 6.08 Å². The van der Waals surface area contributed by atoms with Gasteiger partial charge in [-0.25, -0.2) is 4.39 Å². The summed E-state index contributed by atoms with van der Waals surface area (Å²) in [6.45, 7) is 11.6. The van der Waals surface area contributed by atoms with Crippen LogP contribution in [0.1, 0.15) is 67.2 Å². The van der Waals surface area contributed by atoms with Gasteiger partial charge < -0.3 is 4.74 Å². The van der Waals surface area contributed by atoms with Crippen LogP contribution >= 0.6 is 0 Å². The minimum absolute atomic E-state index is 0.00103. The van der Waals surface area contributed by atoms with Crippen molar-refractivity contribution in [2.45, 2.75) is 73.4 Å². The smallest absolute Gasteiger partial charge is 0.311 e. The molecule has 176 valence electrons. The zero-order valence-corrected chi connectivity index (χ0v) is 20.2. The molecular formula is C27H37FO4. The van der Waals surface area contributed by atoms with E-state index in [0.29, 0.717) is 12.0 Å². The summed E-state index contributed by atoms with van der Waals surface area (Å²) in [5.74, 6) is 0.240. The molecule has 0 radical (unpaired) electrons. The summed E-state index contributed by atoms with van der Waals surface area (Å²) >= 11 is 0. The average molecular weight is 445 g/mol. The lowest BCUT2D eigenvalue weighted by atomic mass is 9.47. The second-order valence-corrected chi connectivity index (χ2v) is 12.2. The Morgan fingerprint density at radius 1 is 1.19 bits per heavy atom. The van der Waals surface area contributed by atoms with Crippen molar-refractivity contribution < 1.29 is 23.5 Å². The molecule has 32 heavy (non-hydrogen) atoms. The van der Waals surface area contributed by atoms with E-state index in [0.717, 1.165) is 19.3 Å². The van der Waals surface area contributed by atoms with Gasteiger partial charge in [-0.05, 0) is 93.3 Å². The van der Waals surface area contributed by atoms with E-state index in [1.54, 1.807) is 26.8 Å². The standard InChI is InChI=1S/C27H37FO4/c1-15-11-19-17-13-21(28)20-12-16(29)7-9-26(20,5)18(17)8-10-27(19,6)23(15)22(30)14-32-24(31)25(2,3)4/h7,9,12,15,17-19,21,23H,8,10-11,13-14H2,1-6H3/t15-,17-,18+,19+,21+,23-,26-,27+/m1/s1. The van der Waals surface area contributed by atoms with E-state index in [4.69, 9.17) is 4.74 Å². The van der Waals surface area contributed by atoms with E-state index in [9.17, 15) is 14.4 Å². The highest BCUT2D eigenvalue weighted by molar-refractivity contribution is 6.01. The van der Waals surface area contributed by atoms with Crippen LogP contribution in [0.5, 0.6) is 0 Å². The van der Waals surface area contributed by atoms with Crippen LogP contribution in [0.2, 0.25) is 0 Å². The first-order chi connectivity index (χ1) is 14.8. The highest BCUT2D eigenvalue weighted by atomic mass is 19.1. The number of Topliss-reactive ketones (excluding diaryl/α,β-unsaturated/α-hetero) is 1. The van der Waals surface area contributed by atoms with Gasteiger partial charge in [-0.15, -0.1) is 0 Å². The number of carbonyl (C=O) groups is 3. The Morgan fingerprint density at radius 3 is 2.53 bits per heavy atom. The Kier molecular flexibility index (Phi) is 5.58. The largest absolute Gasteiger partial charge is 0.457 e. The molecule has 0 N–H and O–H groups in total. The molecule has 0 unspecified atom stereocenters. The molecule has 4 nitrogen and oxygen atoms in total. The topological polar surface area (TPSA) is 60.4 Å². The average Bonchev–Trinajstić information content (AvgIpc) is 2.97. The van der Waals surface area contributed by atoms with Crippen molar-refractivity contribution >= 4 is 17.5 Å². The Morgan fingerprint density at radius 2 is 1.88 bits per heavy atom. The van der Waals surface area contributed by atoms with Crippen LogP contribution in [0.25, 0.3) is 0 Å². The molecule has 0 aromatic heterocycles. The number of ketones is 2. The van der Waals surface area contributed by atoms with E-state index in [-0.39, 0.29) is 59.1 Å². The van der Waals surface area contributed by atoms with Crippen LogP contribution in [-0.2, 0) is 19.1 Å². The third kappa shape index (κ3) is 3.51. The van der Waals surface area contributed by atoms with Crippen molar-refractivity contribution in [3.8, 4) is 0 Å². The highest BCUT2D eigenvalue weighted by Gasteiger charge is 2.63. The maximum absolute atomic E-state index is 15.4. The first-order valence-corrected chi connectivity index (χ1v) is 12.1. The molecule has 4 aliphatic carbocycles. The molecule has 0 amide bonds. The molecule has 5 heteroatoms. The van der Waals surface area contributed by atoms with Gasteiger partial charge in [0.05, 0.1) is 5.41 Å². The number of ether oxygens (including phenoxy) is 1. The SMILES string of the molecule is C[C@@H]1C[C@H]2[C@@H]3C[C@H](F)C4=CC(=O)C=C[C@]4(C)[C@H]3CC[C@]2(C)[C@H]1C(=O)COC(=O)C(C)(C)C. The van der Waals surface area contributed by atoms with Crippen molar-refractivity contribution in [2.75, 3.05) is 6.61 Å². The van der Waals surface area contributed by atoms with Gasteiger partial charge in [0.2, 0.25) is 0 Å². The van der Waals surface area contributed by atoms with E-state index >= 15 is 4.39 Å². The predicted octanol–water partition coefficient (Wildman–Crippen LogP) is 5.26. The second-order valence-electron chi connectivity index (χ2n) is 12.2. The molecule has 0 spiro atoms. The van der Waals surface area contributed by atoms with Crippen LogP contribution in [0.3, 0.4) is 0 Å². The molecule has 0 bridgehead atoms. The van der Waals surface area contributed by atoms with Crippen molar-refractivity contribution in [1.29, 1.82) is 0 Å². The molecule has 0 heterocycles. The van der Waals surface area contributed by atoms with Crippen LogP contribution < -0.4 is 0 Å². The quantitative estimate of drug-likeness (QED) is 0.557.